The van der Waals surface area contributed by atoms with Crippen molar-refractivity contribution >= 4 is 17.5 Å². The molecule has 5 heteroatoms. The minimum absolute atomic E-state index is 0.0293. The van der Waals surface area contributed by atoms with Crippen LogP contribution in [0, 0.1) is 5.92 Å². The lowest BCUT2D eigenvalue weighted by Crippen LogP contribution is -2.47. The number of aryl methyl sites for hydroxylation is 2. The third-order valence-electron chi connectivity index (χ3n) is 4.29. The Labute approximate surface area is 138 Å². The van der Waals surface area contributed by atoms with Crippen LogP contribution in [0.25, 0.3) is 0 Å². The van der Waals surface area contributed by atoms with E-state index in [0.717, 1.165) is 24.0 Å². The summed E-state index contributed by atoms with van der Waals surface area (Å²) in [5.74, 6) is -1.47. The number of carbonyl (C=O) groups excluding carboxylic acids is 2. The molecule has 0 saturated heterocycles. The van der Waals surface area contributed by atoms with Crippen molar-refractivity contribution < 1.29 is 14.7 Å². The summed E-state index contributed by atoms with van der Waals surface area (Å²) in [4.78, 5) is 24.1. The number of benzene rings is 1. The van der Waals surface area contributed by atoms with Crippen LogP contribution in [-0.2, 0) is 22.4 Å². The molecule has 0 spiro atoms. The van der Waals surface area contributed by atoms with Gasteiger partial charge in [-0.1, -0.05) is 45.9 Å². The Bertz CT molecular complexity index is 543. The molecule has 0 fully saturated rings. The number of rotatable bonds is 6. The molecule has 1 rings (SSSR count). The summed E-state index contributed by atoms with van der Waals surface area (Å²) < 4.78 is 0. The standard InChI is InChI=1S/C18H28N2O3/c1-6-13-9-8-10-14(7-2)15(13)20-17(22)16(21)19-11-18(5,23)12(3)4/h8-10,12,23H,6-7,11H2,1-5H3,(H,19,21)(H,20,22). The van der Waals surface area contributed by atoms with Gasteiger partial charge in [0.05, 0.1) is 5.60 Å². The van der Waals surface area contributed by atoms with Crippen LogP contribution >= 0.6 is 0 Å². The molecule has 0 bridgehead atoms. The predicted molar refractivity (Wildman–Crippen MR) is 92.3 cm³/mol. The maximum absolute atomic E-state index is 12.1. The number of nitrogens with one attached hydrogen (secondary N) is 2. The van der Waals surface area contributed by atoms with Gasteiger partial charge in [0.25, 0.3) is 0 Å². The quantitative estimate of drug-likeness (QED) is 0.704. The van der Waals surface area contributed by atoms with Gasteiger partial charge in [-0.05, 0) is 36.8 Å². The van der Waals surface area contributed by atoms with E-state index < -0.39 is 17.4 Å². The van der Waals surface area contributed by atoms with Gasteiger partial charge in [0.2, 0.25) is 0 Å². The first kappa shape index (κ1) is 19.2. The molecule has 0 aliphatic rings. The van der Waals surface area contributed by atoms with E-state index in [0.29, 0.717) is 5.69 Å². The highest BCUT2D eigenvalue weighted by Crippen LogP contribution is 2.22. The van der Waals surface area contributed by atoms with Gasteiger partial charge in [0.1, 0.15) is 0 Å². The van der Waals surface area contributed by atoms with Crippen LogP contribution in [0.3, 0.4) is 0 Å². The molecule has 2 amide bonds. The zero-order valence-electron chi connectivity index (χ0n) is 14.7. The van der Waals surface area contributed by atoms with Crippen LogP contribution in [0.15, 0.2) is 18.2 Å². The first-order valence-electron chi connectivity index (χ1n) is 8.15. The van der Waals surface area contributed by atoms with Gasteiger partial charge in [0.15, 0.2) is 0 Å². The fraction of sp³-hybridized carbons (Fsp3) is 0.556. The lowest BCUT2D eigenvalue weighted by molar-refractivity contribution is -0.137. The Kier molecular flexibility index (Phi) is 6.76. The van der Waals surface area contributed by atoms with E-state index >= 15 is 0 Å². The van der Waals surface area contributed by atoms with Gasteiger partial charge < -0.3 is 15.7 Å². The Morgan fingerprint density at radius 2 is 1.65 bits per heavy atom. The van der Waals surface area contributed by atoms with Gasteiger partial charge in [-0.3, -0.25) is 9.59 Å². The van der Waals surface area contributed by atoms with E-state index in [-0.39, 0.29) is 12.5 Å². The minimum Gasteiger partial charge on any atom is -0.388 e. The molecule has 0 aromatic heterocycles. The number of anilines is 1. The first-order chi connectivity index (χ1) is 10.7. The van der Waals surface area contributed by atoms with Gasteiger partial charge in [-0.25, -0.2) is 0 Å². The summed E-state index contributed by atoms with van der Waals surface area (Å²) in [6.45, 7) is 9.40. The summed E-state index contributed by atoms with van der Waals surface area (Å²) >= 11 is 0. The zero-order chi connectivity index (χ0) is 17.6. The molecule has 1 aromatic carbocycles. The average molecular weight is 320 g/mol. The molecule has 3 N–H and O–H groups in total. The Hall–Kier alpha value is -1.88. The summed E-state index contributed by atoms with van der Waals surface area (Å²) in [5, 5.41) is 15.3. The second-order valence-electron chi connectivity index (χ2n) is 6.31. The number of hydrogen-bond acceptors (Lipinski definition) is 3. The number of aliphatic hydroxyl groups is 1. The Balaban J connectivity index is 2.79. The SMILES string of the molecule is CCc1cccc(CC)c1NC(=O)C(=O)NCC(C)(O)C(C)C. The molecular formula is C18H28N2O3. The topological polar surface area (TPSA) is 78.4 Å². The van der Waals surface area contributed by atoms with Gasteiger partial charge >= 0.3 is 11.8 Å². The second kappa shape index (κ2) is 8.11. The maximum Gasteiger partial charge on any atom is 0.313 e. The highest BCUT2D eigenvalue weighted by Gasteiger charge is 2.27. The van der Waals surface area contributed by atoms with Crippen LogP contribution in [0.2, 0.25) is 0 Å². The number of amides is 2. The van der Waals surface area contributed by atoms with E-state index in [4.69, 9.17) is 0 Å². The molecule has 1 aromatic rings. The molecule has 23 heavy (non-hydrogen) atoms. The fourth-order valence-electron chi connectivity index (χ4n) is 2.12. The zero-order valence-corrected chi connectivity index (χ0v) is 14.7. The molecule has 0 aliphatic heterocycles. The third-order valence-corrected chi connectivity index (χ3v) is 4.29. The van der Waals surface area contributed by atoms with Crippen molar-refractivity contribution in [1.82, 2.24) is 5.32 Å². The molecule has 128 valence electrons. The highest BCUT2D eigenvalue weighted by molar-refractivity contribution is 6.39. The van der Waals surface area contributed by atoms with E-state index in [9.17, 15) is 14.7 Å². The van der Waals surface area contributed by atoms with E-state index in [2.05, 4.69) is 10.6 Å². The van der Waals surface area contributed by atoms with Gasteiger partial charge in [0, 0.05) is 12.2 Å². The lowest BCUT2D eigenvalue weighted by atomic mass is 9.92. The predicted octanol–water partition coefficient (Wildman–Crippen LogP) is 2.27. The highest BCUT2D eigenvalue weighted by atomic mass is 16.3. The molecule has 1 unspecified atom stereocenters. The molecule has 0 heterocycles. The summed E-state index contributed by atoms with van der Waals surface area (Å²) in [5.41, 5.74) is 1.67. The van der Waals surface area contributed by atoms with Crippen molar-refractivity contribution in [3.8, 4) is 0 Å². The van der Waals surface area contributed by atoms with E-state index in [1.165, 1.54) is 0 Å². The Morgan fingerprint density at radius 1 is 1.13 bits per heavy atom. The fourth-order valence-corrected chi connectivity index (χ4v) is 2.12. The van der Waals surface area contributed by atoms with Crippen molar-refractivity contribution in [2.75, 3.05) is 11.9 Å². The second-order valence-corrected chi connectivity index (χ2v) is 6.31. The summed E-state index contributed by atoms with van der Waals surface area (Å²) in [6, 6.07) is 5.83. The molecular weight excluding hydrogens is 292 g/mol. The lowest BCUT2D eigenvalue weighted by Gasteiger charge is -2.27. The largest absolute Gasteiger partial charge is 0.388 e. The van der Waals surface area contributed by atoms with Crippen LogP contribution in [0.4, 0.5) is 5.69 Å². The Morgan fingerprint density at radius 3 is 2.09 bits per heavy atom. The maximum atomic E-state index is 12.1. The van der Waals surface area contributed by atoms with Gasteiger partial charge in [-0.2, -0.15) is 0 Å². The van der Waals surface area contributed by atoms with E-state index in [1.54, 1.807) is 6.92 Å². The van der Waals surface area contributed by atoms with Crippen molar-refractivity contribution in [3.63, 3.8) is 0 Å². The molecule has 1 atom stereocenters. The van der Waals surface area contributed by atoms with Crippen LogP contribution in [0.5, 0.6) is 0 Å². The van der Waals surface area contributed by atoms with Crippen molar-refractivity contribution in [1.29, 1.82) is 0 Å². The molecule has 5 nitrogen and oxygen atoms in total. The summed E-state index contributed by atoms with van der Waals surface area (Å²) in [6.07, 6.45) is 1.54. The monoisotopic (exact) mass is 320 g/mol. The number of hydrogen-bond donors (Lipinski definition) is 3. The number of carbonyl (C=O) groups is 2. The molecule has 0 radical (unpaired) electrons. The van der Waals surface area contributed by atoms with Crippen LogP contribution in [-0.4, -0.2) is 29.1 Å². The third kappa shape index (κ3) is 5.06. The minimum atomic E-state index is -1.05. The van der Waals surface area contributed by atoms with Crippen molar-refractivity contribution in [3.05, 3.63) is 29.3 Å². The van der Waals surface area contributed by atoms with Crippen molar-refractivity contribution in [2.45, 2.75) is 53.1 Å². The smallest absolute Gasteiger partial charge is 0.313 e. The van der Waals surface area contributed by atoms with Crippen LogP contribution in [0.1, 0.15) is 45.7 Å². The van der Waals surface area contributed by atoms with Gasteiger partial charge in [-0.15, -0.1) is 0 Å². The summed E-state index contributed by atoms with van der Waals surface area (Å²) in [7, 11) is 0. The van der Waals surface area contributed by atoms with Crippen LogP contribution < -0.4 is 10.6 Å². The first-order valence-corrected chi connectivity index (χ1v) is 8.15. The molecule has 0 saturated carbocycles. The average Bonchev–Trinajstić information content (AvgIpc) is 2.52. The van der Waals surface area contributed by atoms with E-state index in [1.807, 2.05) is 45.9 Å². The normalized spacial score (nSPS) is 13.5. The number of para-hydroxylation sites is 1. The van der Waals surface area contributed by atoms with Crippen molar-refractivity contribution in [2.24, 2.45) is 5.92 Å². The molecule has 0 aliphatic carbocycles.